The number of aromatic nitrogens is 2. The fourth-order valence-electron chi connectivity index (χ4n) is 5.07. The standard InChI is InChI=1S/C26H31F5N6O2/c1-36-9-11-37(12-10-36)24(39)16-5-7-18(8-6-16)34-25-33-14-20(26(29,30)31)21(35-25)13-17-3-2-4-19(17)23(38)32-15-22(27)28/h5-8,14,17,19,22H,2-4,9-13,15H2,1H3,(H,32,38)(H,33,34,35)/t17-,19-/m0/s1. The van der Waals surface area contributed by atoms with E-state index in [0.29, 0.717) is 49.8 Å². The highest BCUT2D eigenvalue weighted by molar-refractivity contribution is 5.94. The summed E-state index contributed by atoms with van der Waals surface area (Å²) in [5.41, 5.74) is -0.280. The predicted molar refractivity (Wildman–Crippen MR) is 134 cm³/mol. The Morgan fingerprint density at radius 1 is 1.08 bits per heavy atom. The van der Waals surface area contributed by atoms with Crippen molar-refractivity contribution in [2.45, 2.75) is 38.3 Å². The molecule has 0 radical (unpaired) electrons. The molecule has 2 amide bonds. The van der Waals surface area contributed by atoms with Crippen molar-refractivity contribution < 1.29 is 31.5 Å². The predicted octanol–water partition coefficient (Wildman–Crippen LogP) is 3.97. The van der Waals surface area contributed by atoms with Gasteiger partial charge in [0.25, 0.3) is 12.3 Å². The van der Waals surface area contributed by atoms with Crippen molar-refractivity contribution in [3.05, 3.63) is 47.3 Å². The molecule has 4 rings (SSSR count). The molecule has 39 heavy (non-hydrogen) atoms. The number of carbonyl (C=O) groups is 2. The zero-order chi connectivity index (χ0) is 28.2. The summed E-state index contributed by atoms with van der Waals surface area (Å²) in [6.45, 7) is 2.06. The Balaban J connectivity index is 1.47. The number of rotatable bonds is 8. The van der Waals surface area contributed by atoms with Gasteiger partial charge in [-0.15, -0.1) is 0 Å². The molecule has 0 bridgehead atoms. The van der Waals surface area contributed by atoms with Gasteiger partial charge in [0.05, 0.1) is 17.8 Å². The second kappa shape index (κ2) is 12.2. The van der Waals surface area contributed by atoms with E-state index in [4.69, 9.17) is 0 Å². The SMILES string of the molecule is CN1CCN(C(=O)c2ccc(Nc3ncc(C(F)(F)F)c(C[C@@H]4CCC[C@@H]4C(=O)NCC(F)F)n3)cc2)CC1. The number of benzene rings is 1. The summed E-state index contributed by atoms with van der Waals surface area (Å²) in [7, 11) is 2.00. The Morgan fingerprint density at radius 2 is 1.77 bits per heavy atom. The maximum absolute atomic E-state index is 13.7. The van der Waals surface area contributed by atoms with Crippen LogP contribution >= 0.6 is 0 Å². The lowest BCUT2D eigenvalue weighted by atomic mass is 9.89. The molecule has 2 N–H and O–H groups in total. The third-order valence-corrected chi connectivity index (χ3v) is 7.23. The molecule has 212 valence electrons. The van der Waals surface area contributed by atoms with Gasteiger partial charge in [-0.25, -0.2) is 18.7 Å². The molecule has 1 aromatic carbocycles. The normalized spacial score (nSPS) is 20.3. The molecular weight excluding hydrogens is 523 g/mol. The number of nitrogens with one attached hydrogen (secondary N) is 2. The summed E-state index contributed by atoms with van der Waals surface area (Å²) in [6, 6.07) is 6.53. The molecule has 1 saturated carbocycles. The van der Waals surface area contributed by atoms with Crippen LogP contribution in [0.3, 0.4) is 0 Å². The number of hydrogen-bond donors (Lipinski definition) is 2. The van der Waals surface area contributed by atoms with E-state index in [1.807, 2.05) is 7.05 Å². The molecule has 0 unspecified atom stereocenters. The number of hydrogen-bond acceptors (Lipinski definition) is 6. The van der Waals surface area contributed by atoms with Crippen molar-refractivity contribution in [3.8, 4) is 0 Å². The van der Waals surface area contributed by atoms with Gasteiger partial charge in [-0.3, -0.25) is 9.59 Å². The van der Waals surface area contributed by atoms with Crippen molar-refractivity contribution in [1.29, 1.82) is 0 Å². The molecule has 1 saturated heterocycles. The quantitative estimate of drug-likeness (QED) is 0.480. The summed E-state index contributed by atoms with van der Waals surface area (Å²) in [5, 5.41) is 5.06. The van der Waals surface area contributed by atoms with Gasteiger partial charge in [0.1, 0.15) is 0 Å². The topological polar surface area (TPSA) is 90.5 Å². The first-order valence-electron chi connectivity index (χ1n) is 12.8. The van der Waals surface area contributed by atoms with E-state index < -0.39 is 42.5 Å². The molecule has 2 fully saturated rings. The molecule has 2 heterocycles. The summed E-state index contributed by atoms with van der Waals surface area (Å²) < 4.78 is 66.2. The van der Waals surface area contributed by atoms with Crippen LogP contribution in [-0.4, -0.2) is 77.8 Å². The molecule has 0 spiro atoms. The average Bonchev–Trinajstić information content (AvgIpc) is 3.35. The minimum atomic E-state index is -4.70. The zero-order valence-corrected chi connectivity index (χ0v) is 21.5. The number of amides is 2. The van der Waals surface area contributed by atoms with Crippen LogP contribution < -0.4 is 10.6 Å². The molecule has 2 atom stereocenters. The number of nitrogens with zero attached hydrogens (tertiary/aromatic N) is 4. The first-order valence-corrected chi connectivity index (χ1v) is 12.8. The highest BCUT2D eigenvalue weighted by atomic mass is 19.4. The number of carbonyl (C=O) groups excluding carboxylic acids is 2. The van der Waals surface area contributed by atoms with E-state index in [-0.39, 0.29) is 24.0 Å². The maximum Gasteiger partial charge on any atom is 0.419 e. The third kappa shape index (κ3) is 7.40. The molecule has 1 aliphatic heterocycles. The first-order chi connectivity index (χ1) is 18.5. The number of likely N-dealkylation sites (N-methyl/N-ethyl adjacent to an activating group) is 1. The summed E-state index contributed by atoms with van der Waals surface area (Å²) in [5.74, 6) is -1.86. The van der Waals surface area contributed by atoms with Gasteiger partial charge in [-0.05, 0) is 56.5 Å². The van der Waals surface area contributed by atoms with E-state index >= 15 is 0 Å². The van der Waals surface area contributed by atoms with Gasteiger partial charge in [-0.2, -0.15) is 13.2 Å². The van der Waals surface area contributed by atoms with Crippen LogP contribution in [0.2, 0.25) is 0 Å². The second-order valence-electron chi connectivity index (χ2n) is 9.99. The van der Waals surface area contributed by atoms with Crippen LogP contribution in [0.15, 0.2) is 30.5 Å². The van der Waals surface area contributed by atoms with E-state index in [1.54, 1.807) is 29.2 Å². The van der Waals surface area contributed by atoms with Gasteiger partial charge in [-0.1, -0.05) is 6.42 Å². The van der Waals surface area contributed by atoms with Crippen molar-refractivity contribution >= 4 is 23.5 Å². The lowest BCUT2D eigenvalue weighted by Gasteiger charge is -2.32. The summed E-state index contributed by atoms with van der Waals surface area (Å²) >= 11 is 0. The van der Waals surface area contributed by atoms with Crippen LogP contribution in [0.1, 0.15) is 40.9 Å². The lowest BCUT2D eigenvalue weighted by Crippen LogP contribution is -2.47. The molecule has 8 nitrogen and oxygen atoms in total. The fraction of sp³-hybridized carbons (Fsp3) is 0.538. The Morgan fingerprint density at radius 3 is 2.41 bits per heavy atom. The van der Waals surface area contributed by atoms with Gasteiger partial charge in [0.15, 0.2) is 0 Å². The fourth-order valence-corrected chi connectivity index (χ4v) is 5.07. The van der Waals surface area contributed by atoms with E-state index in [9.17, 15) is 31.5 Å². The van der Waals surface area contributed by atoms with Gasteiger partial charge in [0, 0.05) is 49.5 Å². The first kappa shape index (κ1) is 28.7. The minimum Gasteiger partial charge on any atom is -0.350 e. The van der Waals surface area contributed by atoms with E-state index in [0.717, 1.165) is 13.1 Å². The van der Waals surface area contributed by atoms with Gasteiger partial charge < -0.3 is 20.4 Å². The Hall–Kier alpha value is -3.35. The largest absolute Gasteiger partial charge is 0.419 e. The number of piperazine rings is 1. The molecule has 1 aliphatic carbocycles. The molecule has 2 aromatic rings. The number of halogens is 5. The minimum absolute atomic E-state index is 0.0622. The van der Waals surface area contributed by atoms with Crippen LogP contribution in [0.25, 0.3) is 0 Å². The molecular formula is C26H31F5N6O2. The maximum atomic E-state index is 13.7. The van der Waals surface area contributed by atoms with E-state index in [2.05, 4.69) is 25.5 Å². The van der Waals surface area contributed by atoms with Crippen LogP contribution in [0.4, 0.5) is 33.6 Å². The zero-order valence-electron chi connectivity index (χ0n) is 21.5. The van der Waals surface area contributed by atoms with Crippen LogP contribution in [0.5, 0.6) is 0 Å². The van der Waals surface area contributed by atoms with E-state index in [1.165, 1.54) is 0 Å². The third-order valence-electron chi connectivity index (χ3n) is 7.23. The van der Waals surface area contributed by atoms with Crippen molar-refractivity contribution in [1.82, 2.24) is 25.1 Å². The number of alkyl halides is 5. The van der Waals surface area contributed by atoms with Crippen molar-refractivity contribution in [2.75, 3.05) is 45.1 Å². The Bertz CT molecular complexity index is 1150. The molecule has 2 aliphatic rings. The van der Waals surface area contributed by atoms with Crippen LogP contribution in [-0.2, 0) is 17.4 Å². The smallest absolute Gasteiger partial charge is 0.350 e. The van der Waals surface area contributed by atoms with Gasteiger partial charge >= 0.3 is 6.18 Å². The summed E-state index contributed by atoms with van der Waals surface area (Å²) in [4.78, 5) is 37.0. The molecule has 13 heteroatoms. The van der Waals surface area contributed by atoms with Gasteiger partial charge in [0.2, 0.25) is 11.9 Å². The van der Waals surface area contributed by atoms with Crippen molar-refractivity contribution in [3.63, 3.8) is 0 Å². The lowest BCUT2D eigenvalue weighted by molar-refractivity contribution is -0.138. The average molecular weight is 555 g/mol. The highest BCUT2D eigenvalue weighted by Gasteiger charge is 2.39. The summed E-state index contributed by atoms with van der Waals surface area (Å²) in [6.07, 6.45) is -5.34. The number of anilines is 2. The highest BCUT2D eigenvalue weighted by Crippen LogP contribution is 2.38. The monoisotopic (exact) mass is 554 g/mol. The Labute approximate surface area is 223 Å². The second-order valence-corrected chi connectivity index (χ2v) is 9.99. The molecule has 1 aromatic heterocycles. The Kier molecular flexibility index (Phi) is 8.98. The van der Waals surface area contributed by atoms with Crippen molar-refractivity contribution in [2.24, 2.45) is 11.8 Å². The van der Waals surface area contributed by atoms with Crippen LogP contribution in [0, 0.1) is 11.8 Å².